The Morgan fingerprint density at radius 1 is 1.38 bits per heavy atom. The molecule has 21 heavy (non-hydrogen) atoms. The molecule has 116 valence electrons. The Balaban J connectivity index is 1.86. The fourth-order valence-electron chi connectivity index (χ4n) is 3.57. The SMILES string of the molecule is CC(=O)ON1CCCC2C(=O)NN=C(C3CCCNC3)C21. The normalized spacial score (nSPS) is 33.7. The van der Waals surface area contributed by atoms with Gasteiger partial charge in [0, 0.05) is 25.9 Å². The number of amides is 1. The van der Waals surface area contributed by atoms with Crippen LogP contribution in [0.4, 0.5) is 0 Å². The van der Waals surface area contributed by atoms with E-state index in [2.05, 4.69) is 15.8 Å². The molecule has 2 saturated heterocycles. The molecule has 0 aromatic heterocycles. The number of hydroxylamine groups is 2. The summed E-state index contributed by atoms with van der Waals surface area (Å²) in [4.78, 5) is 28.8. The van der Waals surface area contributed by atoms with Crippen molar-refractivity contribution in [2.24, 2.45) is 16.9 Å². The van der Waals surface area contributed by atoms with Crippen molar-refractivity contribution >= 4 is 17.6 Å². The maximum Gasteiger partial charge on any atom is 0.322 e. The molecule has 0 saturated carbocycles. The van der Waals surface area contributed by atoms with Gasteiger partial charge in [0.2, 0.25) is 5.91 Å². The molecule has 0 spiro atoms. The third-order valence-corrected chi connectivity index (χ3v) is 4.48. The highest BCUT2D eigenvalue weighted by molar-refractivity contribution is 6.00. The maximum atomic E-state index is 12.1. The first-order valence-corrected chi connectivity index (χ1v) is 7.70. The monoisotopic (exact) mass is 294 g/mol. The fraction of sp³-hybridized carbons (Fsp3) is 0.786. The first kappa shape index (κ1) is 14.5. The van der Waals surface area contributed by atoms with E-state index in [9.17, 15) is 9.59 Å². The van der Waals surface area contributed by atoms with Crippen LogP contribution < -0.4 is 10.7 Å². The summed E-state index contributed by atoms with van der Waals surface area (Å²) in [5.74, 6) is -0.289. The molecule has 2 N–H and O–H groups in total. The van der Waals surface area contributed by atoms with Crippen molar-refractivity contribution in [2.45, 2.75) is 38.6 Å². The zero-order valence-corrected chi connectivity index (χ0v) is 12.3. The standard InChI is InChI=1S/C14H22N4O3/c1-9(19)21-18-7-3-5-11-13(18)12(16-17-14(11)20)10-4-2-6-15-8-10/h10-11,13,15H,2-8H2,1H3,(H,17,20). The van der Waals surface area contributed by atoms with Crippen LogP contribution in [0.25, 0.3) is 0 Å². The van der Waals surface area contributed by atoms with Crippen LogP contribution in [0.2, 0.25) is 0 Å². The minimum atomic E-state index is -0.345. The van der Waals surface area contributed by atoms with Gasteiger partial charge in [-0.1, -0.05) is 0 Å². The highest BCUT2D eigenvalue weighted by Gasteiger charge is 2.45. The summed E-state index contributed by atoms with van der Waals surface area (Å²) < 4.78 is 0. The van der Waals surface area contributed by atoms with Crippen molar-refractivity contribution in [3.8, 4) is 0 Å². The van der Waals surface area contributed by atoms with Gasteiger partial charge in [-0.25, -0.2) is 5.43 Å². The second-order valence-electron chi connectivity index (χ2n) is 5.97. The first-order chi connectivity index (χ1) is 10.2. The van der Waals surface area contributed by atoms with Gasteiger partial charge in [-0.15, -0.1) is 5.06 Å². The molecule has 0 radical (unpaired) electrons. The summed E-state index contributed by atoms with van der Waals surface area (Å²) in [7, 11) is 0. The summed E-state index contributed by atoms with van der Waals surface area (Å²) >= 11 is 0. The van der Waals surface area contributed by atoms with E-state index in [0.29, 0.717) is 12.5 Å². The maximum absolute atomic E-state index is 12.1. The average molecular weight is 294 g/mol. The van der Waals surface area contributed by atoms with E-state index >= 15 is 0 Å². The summed E-state index contributed by atoms with van der Waals surface area (Å²) in [5.41, 5.74) is 3.61. The minimum Gasteiger partial charge on any atom is -0.368 e. The topological polar surface area (TPSA) is 83.0 Å². The predicted octanol–water partition coefficient (Wildman–Crippen LogP) is 0.0305. The number of rotatable bonds is 2. The van der Waals surface area contributed by atoms with Gasteiger partial charge in [0.05, 0.1) is 17.7 Å². The molecule has 0 aromatic carbocycles. The lowest BCUT2D eigenvalue weighted by molar-refractivity contribution is -0.205. The van der Waals surface area contributed by atoms with E-state index in [-0.39, 0.29) is 23.8 Å². The van der Waals surface area contributed by atoms with Crippen molar-refractivity contribution in [1.82, 2.24) is 15.8 Å². The largest absolute Gasteiger partial charge is 0.368 e. The van der Waals surface area contributed by atoms with Gasteiger partial charge >= 0.3 is 5.97 Å². The Labute approximate surface area is 124 Å². The van der Waals surface area contributed by atoms with E-state index in [1.54, 1.807) is 5.06 Å². The molecule has 3 atom stereocenters. The number of nitrogens with one attached hydrogen (secondary N) is 2. The zero-order valence-electron chi connectivity index (χ0n) is 12.3. The van der Waals surface area contributed by atoms with E-state index in [1.807, 2.05) is 0 Å². The average Bonchev–Trinajstić information content (AvgIpc) is 2.49. The molecule has 2 fully saturated rings. The predicted molar refractivity (Wildman–Crippen MR) is 76.2 cm³/mol. The Kier molecular flexibility index (Phi) is 4.21. The van der Waals surface area contributed by atoms with Gasteiger partial charge in [-0.2, -0.15) is 5.10 Å². The minimum absolute atomic E-state index is 0.0654. The van der Waals surface area contributed by atoms with Crippen LogP contribution in [0.15, 0.2) is 5.10 Å². The second kappa shape index (κ2) is 6.11. The lowest BCUT2D eigenvalue weighted by Crippen LogP contribution is -2.60. The van der Waals surface area contributed by atoms with E-state index in [4.69, 9.17) is 4.84 Å². The molecular formula is C14H22N4O3. The van der Waals surface area contributed by atoms with Crippen LogP contribution in [0, 0.1) is 11.8 Å². The third-order valence-electron chi connectivity index (χ3n) is 4.48. The molecule has 3 aliphatic rings. The number of fused-ring (bicyclic) bond motifs is 1. The lowest BCUT2D eigenvalue weighted by atomic mass is 9.79. The van der Waals surface area contributed by atoms with E-state index in [0.717, 1.165) is 44.5 Å². The van der Waals surface area contributed by atoms with Gasteiger partial charge < -0.3 is 10.2 Å². The van der Waals surface area contributed by atoms with Gasteiger partial charge in [0.25, 0.3) is 0 Å². The number of nitrogens with zero attached hydrogens (tertiary/aromatic N) is 2. The van der Waals surface area contributed by atoms with Crippen LogP contribution in [0.5, 0.6) is 0 Å². The summed E-state index contributed by atoms with van der Waals surface area (Å²) in [6, 6.07) is -0.207. The third kappa shape index (κ3) is 2.94. The molecule has 0 aliphatic carbocycles. The van der Waals surface area contributed by atoms with Crippen molar-refractivity contribution < 1.29 is 14.4 Å². The van der Waals surface area contributed by atoms with Gasteiger partial charge in [0.1, 0.15) is 0 Å². The van der Waals surface area contributed by atoms with Crippen LogP contribution in [-0.4, -0.2) is 48.3 Å². The van der Waals surface area contributed by atoms with Crippen molar-refractivity contribution in [1.29, 1.82) is 0 Å². The summed E-state index contributed by atoms with van der Waals surface area (Å²) in [6.07, 6.45) is 3.81. The van der Waals surface area contributed by atoms with Gasteiger partial charge in [0.15, 0.2) is 0 Å². The number of hydrogen-bond acceptors (Lipinski definition) is 6. The van der Waals surface area contributed by atoms with Gasteiger partial charge in [-0.3, -0.25) is 9.59 Å². The van der Waals surface area contributed by atoms with Crippen molar-refractivity contribution in [3.05, 3.63) is 0 Å². The summed E-state index contributed by atoms with van der Waals surface area (Å²) in [5, 5.41) is 9.36. The van der Waals surface area contributed by atoms with Gasteiger partial charge in [-0.05, 0) is 32.2 Å². The Morgan fingerprint density at radius 2 is 2.24 bits per heavy atom. The summed E-state index contributed by atoms with van der Waals surface area (Å²) in [6.45, 7) is 3.95. The molecule has 3 aliphatic heterocycles. The fourth-order valence-corrected chi connectivity index (χ4v) is 3.57. The van der Waals surface area contributed by atoms with E-state index < -0.39 is 0 Å². The quantitative estimate of drug-likeness (QED) is 0.751. The Morgan fingerprint density at radius 3 is 2.95 bits per heavy atom. The molecule has 3 heterocycles. The number of hydrogen-bond donors (Lipinski definition) is 2. The number of carbonyl (C=O) groups excluding carboxylic acids is 2. The highest BCUT2D eigenvalue weighted by atomic mass is 16.7. The van der Waals surface area contributed by atoms with Crippen LogP contribution in [0.1, 0.15) is 32.6 Å². The van der Waals surface area contributed by atoms with Crippen LogP contribution in [-0.2, 0) is 14.4 Å². The Bertz CT molecular complexity index is 459. The second-order valence-corrected chi connectivity index (χ2v) is 5.97. The van der Waals surface area contributed by atoms with Crippen molar-refractivity contribution in [3.63, 3.8) is 0 Å². The van der Waals surface area contributed by atoms with E-state index in [1.165, 1.54) is 6.92 Å². The van der Waals surface area contributed by atoms with Crippen molar-refractivity contribution in [2.75, 3.05) is 19.6 Å². The molecule has 3 unspecified atom stereocenters. The molecule has 0 aromatic rings. The molecule has 1 amide bonds. The molecule has 0 bridgehead atoms. The highest BCUT2D eigenvalue weighted by Crippen LogP contribution is 2.31. The molecular weight excluding hydrogens is 272 g/mol. The number of hydrazone groups is 1. The molecule has 7 heteroatoms. The number of carbonyl (C=O) groups is 2. The zero-order chi connectivity index (χ0) is 14.8. The Hall–Kier alpha value is -1.47. The lowest BCUT2D eigenvalue weighted by Gasteiger charge is -2.43. The number of piperidine rings is 2. The van der Waals surface area contributed by atoms with Crippen LogP contribution >= 0.6 is 0 Å². The van der Waals surface area contributed by atoms with Crippen LogP contribution in [0.3, 0.4) is 0 Å². The first-order valence-electron chi connectivity index (χ1n) is 7.70. The smallest absolute Gasteiger partial charge is 0.322 e. The molecule has 3 rings (SSSR count). The molecule has 7 nitrogen and oxygen atoms in total.